The van der Waals surface area contributed by atoms with Crippen molar-refractivity contribution in [3.8, 4) is 0 Å². The van der Waals surface area contributed by atoms with Gasteiger partial charge >= 0.3 is 0 Å². The summed E-state index contributed by atoms with van der Waals surface area (Å²) in [6, 6.07) is 6.72. The van der Waals surface area contributed by atoms with Gasteiger partial charge < -0.3 is 0 Å². The number of alkyl halides is 2. The summed E-state index contributed by atoms with van der Waals surface area (Å²) in [6.45, 7) is 4.31. The van der Waals surface area contributed by atoms with E-state index in [1.165, 1.54) is 0 Å². The average molecular weight is 440 g/mol. The Kier molecular flexibility index (Phi) is 5.23. The molecule has 0 aliphatic heterocycles. The molecule has 1 aliphatic carbocycles. The van der Waals surface area contributed by atoms with Crippen molar-refractivity contribution in [3.63, 3.8) is 0 Å². The molecule has 0 saturated heterocycles. The third-order valence-corrected chi connectivity index (χ3v) is 7.81. The lowest BCUT2D eigenvalue weighted by Crippen LogP contribution is -2.12. The molecule has 0 N–H and O–H groups in total. The Morgan fingerprint density at radius 3 is 2.29 bits per heavy atom. The molecule has 1 aromatic carbocycles. The smallest absolute Gasteiger partial charge is 0.266 e. The summed E-state index contributed by atoms with van der Waals surface area (Å²) in [7, 11) is -3.63. The topological polar surface area (TPSA) is 43.4 Å². The van der Waals surface area contributed by atoms with Crippen molar-refractivity contribution in [2.24, 2.45) is 5.41 Å². The van der Waals surface area contributed by atoms with Crippen LogP contribution in [-0.2, 0) is 14.3 Å². The molecule has 6 heteroatoms. The molecule has 0 aromatic heterocycles. The summed E-state index contributed by atoms with van der Waals surface area (Å²) >= 11 is 7.33. The number of halogens is 2. The first-order valence-electron chi connectivity index (χ1n) is 7.06. The maximum absolute atomic E-state index is 12.0. The van der Waals surface area contributed by atoms with E-state index in [9.17, 15) is 8.42 Å². The number of benzene rings is 1. The fourth-order valence-electron chi connectivity index (χ4n) is 2.56. The fourth-order valence-corrected chi connectivity index (χ4v) is 5.54. The SMILES string of the molecule is CCC1(CCCOS(=O)(=O)c2ccc(C)cc2)CC1(Br)Br. The molecule has 1 saturated carbocycles. The fraction of sp³-hybridized carbons (Fsp3) is 0.600. The molecule has 3 nitrogen and oxygen atoms in total. The van der Waals surface area contributed by atoms with Gasteiger partial charge in [0.05, 0.1) is 14.7 Å². The van der Waals surface area contributed by atoms with E-state index in [2.05, 4.69) is 38.8 Å². The zero-order valence-corrected chi connectivity index (χ0v) is 16.2. The molecule has 1 aliphatic rings. The second-order valence-electron chi connectivity index (χ2n) is 5.71. The molecular formula is C15H20Br2O3S. The predicted molar refractivity (Wildman–Crippen MR) is 91.5 cm³/mol. The van der Waals surface area contributed by atoms with Crippen LogP contribution in [0.5, 0.6) is 0 Å². The molecule has 118 valence electrons. The first-order valence-corrected chi connectivity index (χ1v) is 10.1. The normalized spacial score (nSPS) is 24.0. The van der Waals surface area contributed by atoms with Gasteiger partial charge in [-0.15, -0.1) is 0 Å². The van der Waals surface area contributed by atoms with Crippen LogP contribution in [-0.4, -0.2) is 18.3 Å². The Hall–Kier alpha value is 0.0900. The van der Waals surface area contributed by atoms with Gasteiger partial charge in [-0.25, -0.2) is 0 Å². The highest BCUT2D eigenvalue weighted by molar-refractivity contribution is 9.25. The zero-order chi connectivity index (χ0) is 15.7. The summed E-state index contributed by atoms with van der Waals surface area (Å²) in [5.41, 5.74) is 1.25. The molecule has 0 bridgehead atoms. The Morgan fingerprint density at radius 2 is 1.81 bits per heavy atom. The minimum Gasteiger partial charge on any atom is -0.266 e. The Bertz CT molecular complexity index is 596. The molecule has 0 spiro atoms. The van der Waals surface area contributed by atoms with E-state index >= 15 is 0 Å². The van der Waals surface area contributed by atoms with E-state index in [0.717, 1.165) is 31.2 Å². The maximum Gasteiger partial charge on any atom is 0.296 e. The third kappa shape index (κ3) is 3.89. The molecule has 0 amide bonds. The van der Waals surface area contributed by atoms with Crippen molar-refractivity contribution in [2.45, 2.75) is 47.7 Å². The van der Waals surface area contributed by atoms with Gasteiger partial charge in [-0.05, 0) is 50.2 Å². The van der Waals surface area contributed by atoms with E-state index in [1.54, 1.807) is 24.3 Å². The average Bonchev–Trinajstić information content (AvgIpc) is 2.98. The largest absolute Gasteiger partial charge is 0.296 e. The lowest BCUT2D eigenvalue weighted by Gasteiger charge is -2.16. The van der Waals surface area contributed by atoms with E-state index < -0.39 is 10.1 Å². The maximum atomic E-state index is 12.0. The molecule has 1 aromatic rings. The third-order valence-electron chi connectivity index (χ3n) is 4.24. The van der Waals surface area contributed by atoms with Crippen LogP contribution in [0, 0.1) is 12.3 Å². The Labute approximate surface area is 143 Å². The minimum absolute atomic E-state index is 0.0254. The number of aryl methyl sites for hydroxylation is 1. The van der Waals surface area contributed by atoms with Crippen LogP contribution in [0.25, 0.3) is 0 Å². The standard InChI is InChI=1S/C15H20Br2O3S/c1-3-14(11-15(14,16)17)9-4-10-20-21(18,19)13-7-5-12(2)6-8-13/h5-8H,3-4,9-11H2,1-2H3. The molecule has 2 rings (SSSR count). The summed E-state index contributed by atoms with van der Waals surface area (Å²) in [4.78, 5) is 0.222. The van der Waals surface area contributed by atoms with Crippen LogP contribution in [0.3, 0.4) is 0 Å². The van der Waals surface area contributed by atoms with Gasteiger partial charge in [-0.1, -0.05) is 56.5 Å². The van der Waals surface area contributed by atoms with Gasteiger partial charge in [-0.2, -0.15) is 8.42 Å². The number of hydrogen-bond donors (Lipinski definition) is 0. The van der Waals surface area contributed by atoms with Crippen molar-refractivity contribution >= 4 is 42.0 Å². The second kappa shape index (κ2) is 6.30. The molecule has 1 unspecified atom stereocenters. The quantitative estimate of drug-likeness (QED) is 0.349. The predicted octanol–water partition coefficient (Wildman–Crippen LogP) is 4.77. The summed E-state index contributed by atoms with van der Waals surface area (Å²) in [6.07, 6.45) is 3.82. The highest BCUT2D eigenvalue weighted by Crippen LogP contribution is 2.70. The van der Waals surface area contributed by atoms with E-state index in [0.29, 0.717) is 0 Å². The van der Waals surface area contributed by atoms with Crippen molar-refractivity contribution in [2.75, 3.05) is 6.61 Å². The lowest BCUT2D eigenvalue weighted by molar-refractivity contribution is 0.288. The van der Waals surface area contributed by atoms with Crippen LogP contribution in [0.1, 0.15) is 38.2 Å². The minimum atomic E-state index is -3.63. The highest BCUT2D eigenvalue weighted by atomic mass is 79.9. The van der Waals surface area contributed by atoms with Gasteiger partial charge in [0.15, 0.2) is 0 Å². The first kappa shape index (κ1) is 17.4. The van der Waals surface area contributed by atoms with Gasteiger partial charge in [0, 0.05) is 0 Å². The second-order valence-corrected chi connectivity index (χ2v) is 11.1. The lowest BCUT2D eigenvalue weighted by atomic mass is 9.97. The van der Waals surface area contributed by atoms with Gasteiger partial charge in [0.25, 0.3) is 10.1 Å². The molecule has 1 fully saturated rings. The summed E-state index contributed by atoms with van der Waals surface area (Å²) in [5, 5.41) is 0. The van der Waals surface area contributed by atoms with Gasteiger partial charge in [0.2, 0.25) is 0 Å². The number of hydrogen-bond acceptors (Lipinski definition) is 3. The molecular weight excluding hydrogens is 420 g/mol. The monoisotopic (exact) mass is 438 g/mol. The molecule has 0 heterocycles. The van der Waals surface area contributed by atoms with Crippen LogP contribution in [0.2, 0.25) is 0 Å². The van der Waals surface area contributed by atoms with Crippen LogP contribution < -0.4 is 0 Å². The highest BCUT2D eigenvalue weighted by Gasteiger charge is 2.62. The van der Waals surface area contributed by atoms with Crippen LogP contribution in [0.15, 0.2) is 29.2 Å². The van der Waals surface area contributed by atoms with E-state index in [1.807, 2.05) is 6.92 Å². The summed E-state index contributed by atoms with van der Waals surface area (Å²) < 4.78 is 29.2. The Balaban J connectivity index is 1.85. The molecule has 1 atom stereocenters. The van der Waals surface area contributed by atoms with Crippen molar-refractivity contribution in [1.29, 1.82) is 0 Å². The van der Waals surface area contributed by atoms with Crippen molar-refractivity contribution in [3.05, 3.63) is 29.8 Å². The molecule has 0 radical (unpaired) electrons. The van der Waals surface area contributed by atoms with Crippen molar-refractivity contribution in [1.82, 2.24) is 0 Å². The number of rotatable bonds is 7. The van der Waals surface area contributed by atoms with E-state index in [-0.39, 0.29) is 20.2 Å². The van der Waals surface area contributed by atoms with Gasteiger partial charge in [-0.3, -0.25) is 4.18 Å². The van der Waals surface area contributed by atoms with Crippen LogP contribution >= 0.6 is 31.9 Å². The van der Waals surface area contributed by atoms with E-state index in [4.69, 9.17) is 4.18 Å². The Morgan fingerprint density at radius 1 is 1.24 bits per heavy atom. The van der Waals surface area contributed by atoms with Crippen LogP contribution in [0.4, 0.5) is 0 Å². The first-order chi connectivity index (χ1) is 9.72. The zero-order valence-electron chi connectivity index (χ0n) is 12.2. The van der Waals surface area contributed by atoms with Gasteiger partial charge in [0.1, 0.15) is 0 Å². The molecule has 21 heavy (non-hydrogen) atoms. The summed E-state index contributed by atoms with van der Waals surface area (Å²) in [5.74, 6) is 0. The van der Waals surface area contributed by atoms with Crippen molar-refractivity contribution < 1.29 is 12.6 Å².